The van der Waals surface area contributed by atoms with Crippen LogP contribution in [0, 0.1) is 0 Å². The fourth-order valence-corrected chi connectivity index (χ4v) is 3.10. The summed E-state index contributed by atoms with van der Waals surface area (Å²) in [4.78, 5) is 21.1. The Bertz CT molecular complexity index is 712. The van der Waals surface area contributed by atoms with Crippen molar-refractivity contribution >= 4 is 23.2 Å². The van der Waals surface area contributed by atoms with E-state index in [2.05, 4.69) is 22.1 Å². The number of halogens is 1. The van der Waals surface area contributed by atoms with E-state index in [4.69, 9.17) is 11.6 Å². The van der Waals surface area contributed by atoms with Crippen LogP contribution in [0.5, 0.6) is 0 Å². The Morgan fingerprint density at radius 3 is 2.56 bits per heavy atom. The summed E-state index contributed by atoms with van der Waals surface area (Å²) in [5, 5.41) is 4.02. The van der Waals surface area contributed by atoms with E-state index >= 15 is 0 Å². The number of aromatic nitrogens is 1. The number of nitrogens with zero attached hydrogens (tertiary/aromatic N) is 3. The van der Waals surface area contributed by atoms with Gasteiger partial charge in [-0.25, -0.2) is 4.98 Å². The van der Waals surface area contributed by atoms with E-state index in [1.807, 2.05) is 35.2 Å². The molecule has 132 valence electrons. The number of hydrogen-bond acceptors (Lipinski definition) is 4. The van der Waals surface area contributed by atoms with Crippen molar-refractivity contribution in [1.29, 1.82) is 0 Å². The number of carbonyl (C=O) groups is 1. The molecule has 0 spiro atoms. The fourth-order valence-electron chi connectivity index (χ4n) is 2.89. The van der Waals surface area contributed by atoms with Crippen molar-refractivity contribution in [2.75, 3.05) is 38.0 Å². The molecule has 1 amide bonds. The molecule has 1 saturated heterocycles. The highest BCUT2D eigenvalue weighted by molar-refractivity contribution is 6.31. The van der Waals surface area contributed by atoms with E-state index in [1.54, 1.807) is 12.3 Å². The highest BCUT2D eigenvalue weighted by Crippen LogP contribution is 2.17. The number of piperazine rings is 1. The zero-order valence-corrected chi connectivity index (χ0v) is 15.2. The molecule has 6 heteroatoms. The summed E-state index contributed by atoms with van der Waals surface area (Å²) in [6.07, 6.45) is 1.70. The number of likely N-dealkylation sites (N-methyl/N-ethyl adjacent to an activating group) is 1. The van der Waals surface area contributed by atoms with Gasteiger partial charge in [0.05, 0.1) is 11.9 Å². The van der Waals surface area contributed by atoms with Gasteiger partial charge < -0.3 is 15.1 Å². The van der Waals surface area contributed by atoms with Crippen molar-refractivity contribution < 1.29 is 4.79 Å². The first-order valence-electron chi connectivity index (χ1n) is 8.62. The van der Waals surface area contributed by atoms with Crippen LogP contribution in [0.2, 0.25) is 5.02 Å². The van der Waals surface area contributed by atoms with Crippen LogP contribution in [0.1, 0.15) is 23.0 Å². The molecule has 0 atom stereocenters. The van der Waals surface area contributed by atoms with E-state index < -0.39 is 0 Å². The standard InChI is InChI=1S/C19H23ClN4O/c1-2-23-9-11-24(12-10-23)19(25)18-8-7-16(14-22-18)21-13-15-5-3-4-6-17(15)20/h3-8,14,21H,2,9-13H2,1H3. The van der Waals surface area contributed by atoms with Crippen molar-refractivity contribution in [3.63, 3.8) is 0 Å². The smallest absolute Gasteiger partial charge is 0.272 e. The number of hydrogen-bond donors (Lipinski definition) is 1. The molecule has 25 heavy (non-hydrogen) atoms. The van der Waals surface area contributed by atoms with Crippen LogP contribution in [0.15, 0.2) is 42.6 Å². The lowest BCUT2D eigenvalue weighted by Crippen LogP contribution is -2.48. The van der Waals surface area contributed by atoms with Crippen molar-refractivity contribution in [2.24, 2.45) is 0 Å². The molecule has 0 bridgehead atoms. The van der Waals surface area contributed by atoms with Gasteiger partial charge in [-0.1, -0.05) is 36.7 Å². The minimum Gasteiger partial charge on any atom is -0.380 e. The van der Waals surface area contributed by atoms with Gasteiger partial charge in [0.2, 0.25) is 0 Å². The number of pyridine rings is 1. The first-order chi connectivity index (χ1) is 12.2. The van der Waals surface area contributed by atoms with Crippen LogP contribution >= 0.6 is 11.6 Å². The number of benzene rings is 1. The zero-order chi connectivity index (χ0) is 17.6. The van der Waals surface area contributed by atoms with E-state index in [9.17, 15) is 4.79 Å². The van der Waals surface area contributed by atoms with Crippen LogP contribution in [0.25, 0.3) is 0 Å². The number of carbonyl (C=O) groups excluding carboxylic acids is 1. The molecule has 0 saturated carbocycles. The van der Waals surface area contributed by atoms with Crippen LogP contribution < -0.4 is 5.32 Å². The van der Waals surface area contributed by atoms with Crippen molar-refractivity contribution in [1.82, 2.24) is 14.8 Å². The highest BCUT2D eigenvalue weighted by Gasteiger charge is 2.21. The van der Waals surface area contributed by atoms with E-state index in [0.29, 0.717) is 12.2 Å². The SMILES string of the molecule is CCN1CCN(C(=O)c2ccc(NCc3ccccc3Cl)cn2)CC1. The molecule has 1 aromatic carbocycles. The fraction of sp³-hybridized carbons (Fsp3) is 0.368. The third-order valence-electron chi connectivity index (χ3n) is 4.53. The molecule has 1 aliphatic rings. The summed E-state index contributed by atoms with van der Waals surface area (Å²) in [6, 6.07) is 11.4. The first kappa shape index (κ1) is 17.7. The lowest BCUT2D eigenvalue weighted by molar-refractivity contribution is 0.0637. The van der Waals surface area contributed by atoms with Crippen molar-refractivity contribution in [3.05, 3.63) is 58.9 Å². The number of amides is 1. The largest absolute Gasteiger partial charge is 0.380 e. The highest BCUT2D eigenvalue weighted by atomic mass is 35.5. The normalized spacial score (nSPS) is 15.2. The Morgan fingerprint density at radius 1 is 1.16 bits per heavy atom. The number of anilines is 1. The minimum absolute atomic E-state index is 0.00778. The molecule has 3 rings (SSSR count). The van der Waals surface area contributed by atoms with Gasteiger partial charge in [-0.3, -0.25) is 4.79 Å². The third-order valence-corrected chi connectivity index (χ3v) is 4.90. The van der Waals surface area contributed by atoms with Gasteiger partial charge in [0.25, 0.3) is 5.91 Å². The zero-order valence-electron chi connectivity index (χ0n) is 14.4. The Labute approximate surface area is 153 Å². The topological polar surface area (TPSA) is 48.5 Å². The van der Waals surface area contributed by atoms with Crippen LogP contribution in [-0.4, -0.2) is 53.4 Å². The molecule has 5 nitrogen and oxygen atoms in total. The summed E-state index contributed by atoms with van der Waals surface area (Å²) >= 11 is 6.15. The van der Waals surface area contributed by atoms with Gasteiger partial charge in [-0.15, -0.1) is 0 Å². The molecular formula is C19H23ClN4O. The van der Waals surface area contributed by atoms with Gasteiger partial charge >= 0.3 is 0 Å². The second kappa shape index (κ2) is 8.32. The molecular weight excluding hydrogens is 336 g/mol. The molecule has 1 fully saturated rings. The predicted molar refractivity (Wildman–Crippen MR) is 101 cm³/mol. The molecule has 1 N–H and O–H groups in total. The summed E-state index contributed by atoms with van der Waals surface area (Å²) in [5.41, 5.74) is 2.39. The van der Waals surface area contributed by atoms with Crippen molar-refractivity contribution in [3.8, 4) is 0 Å². The third kappa shape index (κ3) is 4.50. The summed E-state index contributed by atoms with van der Waals surface area (Å²) in [7, 11) is 0. The number of rotatable bonds is 5. The Hall–Kier alpha value is -2.11. The Kier molecular flexibility index (Phi) is 5.89. The van der Waals surface area contributed by atoms with Crippen LogP contribution in [-0.2, 0) is 6.54 Å². The second-order valence-electron chi connectivity index (χ2n) is 6.10. The molecule has 2 aromatic rings. The monoisotopic (exact) mass is 358 g/mol. The molecule has 0 unspecified atom stereocenters. The Morgan fingerprint density at radius 2 is 1.92 bits per heavy atom. The Balaban J connectivity index is 1.57. The lowest BCUT2D eigenvalue weighted by Gasteiger charge is -2.33. The number of nitrogens with one attached hydrogen (secondary N) is 1. The maximum absolute atomic E-state index is 12.5. The van der Waals surface area contributed by atoms with Crippen LogP contribution in [0.3, 0.4) is 0 Å². The van der Waals surface area contributed by atoms with E-state index in [0.717, 1.165) is 49.0 Å². The molecule has 2 heterocycles. The summed E-state index contributed by atoms with van der Waals surface area (Å²) < 4.78 is 0. The minimum atomic E-state index is 0.00778. The van der Waals surface area contributed by atoms with Crippen molar-refractivity contribution in [2.45, 2.75) is 13.5 Å². The molecule has 1 aromatic heterocycles. The summed E-state index contributed by atoms with van der Waals surface area (Å²) in [6.45, 7) is 7.19. The maximum atomic E-state index is 12.5. The maximum Gasteiger partial charge on any atom is 0.272 e. The van der Waals surface area contributed by atoms with Crippen LogP contribution in [0.4, 0.5) is 5.69 Å². The quantitative estimate of drug-likeness (QED) is 0.892. The molecule has 0 aliphatic carbocycles. The predicted octanol–water partition coefficient (Wildman–Crippen LogP) is 3.12. The average molecular weight is 359 g/mol. The first-order valence-corrected chi connectivity index (χ1v) is 9.00. The average Bonchev–Trinajstić information content (AvgIpc) is 2.67. The van der Waals surface area contributed by atoms with Gasteiger partial charge in [0.15, 0.2) is 0 Å². The summed E-state index contributed by atoms with van der Waals surface area (Å²) in [5.74, 6) is 0.00778. The molecule has 0 radical (unpaired) electrons. The van der Waals surface area contributed by atoms with Gasteiger partial charge in [0.1, 0.15) is 5.69 Å². The molecule has 1 aliphatic heterocycles. The van der Waals surface area contributed by atoms with Gasteiger partial charge in [-0.05, 0) is 30.3 Å². The van der Waals surface area contributed by atoms with E-state index in [-0.39, 0.29) is 5.91 Å². The van der Waals surface area contributed by atoms with E-state index in [1.165, 1.54) is 0 Å². The van der Waals surface area contributed by atoms with Gasteiger partial charge in [0, 0.05) is 37.7 Å². The lowest BCUT2D eigenvalue weighted by atomic mass is 10.2. The second-order valence-corrected chi connectivity index (χ2v) is 6.51. The van der Waals surface area contributed by atoms with Gasteiger partial charge in [-0.2, -0.15) is 0 Å².